The summed E-state index contributed by atoms with van der Waals surface area (Å²) in [7, 11) is 0. The zero-order valence-electron chi connectivity index (χ0n) is 17.0. The van der Waals surface area contributed by atoms with E-state index in [2.05, 4.69) is 15.5 Å². The van der Waals surface area contributed by atoms with E-state index in [0.717, 1.165) is 21.7 Å². The molecule has 0 saturated carbocycles. The van der Waals surface area contributed by atoms with Crippen LogP contribution in [0.4, 0.5) is 9.52 Å². The number of nitrogens with one attached hydrogen (secondary N) is 1. The number of halogens is 1. The van der Waals surface area contributed by atoms with E-state index in [-0.39, 0.29) is 11.7 Å². The van der Waals surface area contributed by atoms with Crippen LogP contribution in [0.25, 0.3) is 0 Å². The Balaban J connectivity index is 1.38. The highest BCUT2D eigenvalue weighted by Gasteiger charge is 2.13. The van der Waals surface area contributed by atoms with Crippen LogP contribution in [-0.2, 0) is 13.0 Å². The molecule has 1 N–H and O–H groups in total. The van der Waals surface area contributed by atoms with Gasteiger partial charge in [-0.2, -0.15) is 0 Å². The Labute approximate surface area is 182 Å². The van der Waals surface area contributed by atoms with Crippen molar-refractivity contribution < 1.29 is 18.4 Å². The summed E-state index contributed by atoms with van der Waals surface area (Å²) in [4.78, 5) is 17.9. The lowest BCUT2D eigenvalue weighted by atomic mass is 10.1. The molecule has 8 heteroatoms. The number of ether oxygens (including phenoxy) is 1. The first-order valence-corrected chi connectivity index (χ1v) is 10.4. The predicted molar refractivity (Wildman–Crippen MR) is 116 cm³/mol. The van der Waals surface area contributed by atoms with E-state index in [1.807, 2.05) is 13.8 Å². The van der Waals surface area contributed by atoms with Gasteiger partial charge in [0.05, 0.1) is 11.3 Å². The van der Waals surface area contributed by atoms with Gasteiger partial charge < -0.3 is 9.26 Å². The van der Waals surface area contributed by atoms with Gasteiger partial charge in [0.1, 0.15) is 23.9 Å². The molecule has 0 bridgehead atoms. The van der Waals surface area contributed by atoms with Crippen molar-refractivity contribution in [1.82, 2.24) is 10.1 Å². The van der Waals surface area contributed by atoms with Crippen molar-refractivity contribution in [2.45, 2.75) is 26.9 Å². The van der Waals surface area contributed by atoms with E-state index in [4.69, 9.17) is 9.26 Å². The highest BCUT2D eigenvalue weighted by molar-refractivity contribution is 7.15. The van der Waals surface area contributed by atoms with Gasteiger partial charge in [0.2, 0.25) is 0 Å². The fourth-order valence-electron chi connectivity index (χ4n) is 3.01. The molecular weight excluding hydrogens is 417 g/mol. The third kappa shape index (κ3) is 5.16. The molecule has 6 nitrogen and oxygen atoms in total. The lowest BCUT2D eigenvalue weighted by molar-refractivity contribution is 0.102. The van der Waals surface area contributed by atoms with Gasteiger partial charge in [0, 0.05) is 23.1 Å². The van der Waals surface area contributed by atoms with E-state index in [9.17, 15) is 9.18 Å². The first kappa shape index (κ1) is 20.7. The van der Waals surface area contributed by atoms with Crippen LogP contribution in [0, 0.1) is 19.7 Å². The smallest absolute Gasteiger partial charge is 0.257 e. The third-order valence-corrected chi connectivity index (χ3v) is 5.64. The van der Waals surface area contributed by atoms with Crippen LogP contribution in [-0.4, -0.2) is 16.0 Å². The highest BCUT2D eigenvalue weighted by Crippen LogP contribution is 2.23. The largest absolute Gasteiger partial charge is 0.489 e. The number of anilines is 1. The first-order chi connectivity index (χ1) is 15.0. The van der Waals surface area contributed by atoms with E-state index in [0.29, 0.717) is 35.2 Å². The van der Waals surface area contributed by atoms with Crippen molar-refractivity contribution in [2.75, 3.05) is 5.32 Å². The monoisotopic (exact) mass is 437 g/mol. The summed E-state index contributed by atoms with van der Waals surface area (Å²) in [6, 6.07) is 13.3. The Kier molecular flexibility index (Phi) is 6.08. The average molecular weight is 437 g/mol. The number of nitrogens with zero attached hydrogens (tertiary/aromatic N) is 2. The maximum atomic E-state index is 13.0. The van der Waals surface area contributed by atoms with Crippen molar-refractivity contribution in [2.24, 2.45) is 0 Å². The number of carbonyl (C=O) groups is 1. The van der Waals surface area contributed by atoms with Crippen LogP contribution in [0.2, 0.25) is 0 Å². The Morgan fingerprint density at radius 3 is 2.74 bits per heavy atom. The average Bonchev–Trinajstić information content (AvgIpc) is 3.34. The van der Waals surface area contributed by atoms with Crippen LogP contribution < -0.4 is 10.1 Å². The number of benzene rings is 2. The van der Waals surface area contributed by atoms with E-state index in [1.54, 1.807) is 42.6 Å². The number of amides is 1. The molecular formula is C23H20FN3O3S. The van der Waals surface area contributed by atoms with Gasteiger partial charge in [0.15, 0.2) is 5.13 Å². The topological polar surface area (TPSA) is 77.2 Å². The van der Waals surface area contributed by atoms with Crippen LogP contribution in [0.15, 0.2) is 59.3 Å². The van der Waals surface area contributed by atoms with Gasteiger partial charge in [-0.25, -0.2) is 9.37 Å². The SMILES string of the molecule is Cc1noc(C)c1COc1cccc(C(=O)Nc2ncc(Cc3ccc(F)cc3)s2)c1. The molecule has 0 fully saturated rings. The number of hydrogen-bond acceptors (Lipinski definition) is 6. The minimum absolute atomic E-state index is 0.265. The standard InChI is InChI=1S/C23H20FN3O3S/c1-14-21(15(2)30-27-14)13-29-19-5-3-4-17(11-19)22(28)26-23-25-12-20(31-23)10-16-6-8-18(24)9-7-16/h3-9,11-12H,10,13H2,1-2H3,(H,25,26,28). The molecule has 0 aliphatic heterocycles. The molecule has 0 aliphatic carbocycles. The van der Waals surface area contributed by atoms with Crippen LogP contribution in [0.1, 0.15) is 37.8 Å². The lowest BCUT2D eigenvalue weighted by Crippen LogP contribution is -2.11. The Hall–Kier alpha value is -3.52. The van der Waals surface area contributed by atoms with Gasteiger partial charge in [-0.1, -0.05) is 23.4 Å². The zero-order valence-corrected chi connectivity index (χ0v) is 17.8. The number of thiazole rings is 1. The number of carbonyl (C=O) groups excluding carboxylic acids is 1. The number of rotatable bonds is 7. The van der Waals surface area contributed by atoms with Crippen molar-refractivity contribution in [3.05, 3.63) is 93.6 Å². The Morgan fingerprint density at radius 2 is 2.00 bits per heavy atom. The van der Waals surface area contributed by atoms with Gasteiger partial charge in [0.25, 0.3) is 5.91 Å². The van der Waals surface area contributed by atoms with Gasteiger partial charge in [-0.3, -0.25) is 10.1 Å². The summed E-state index contributed by atoms with van der Waals surface area (Å²) in [6.07, 6.45) is 2.34. The molecule has 1 amide bonds. The second-order valence-corrected chi connectivity index (χ2v) is 8.12. The summed E-state index contributed by atoms with van der Waals surface area (Å²) in [5.74, 6) is 0.750. The lowest BCUT2D eigenvalue weighted by Gasteiger charge is -2.08. The molecule has 0 atom stereocenters. The molecule has 0 aliphatic rings. The number of aryl methyl sites for hydroxylation is 2. The van der Waals surface area contributed by atoms with Gasteiger partial charge >= 0.3 is 0 Å². The highest BCUT2D eigenvalue weighted by atomic mass is 32.1. The second-order valence-electron chi connectivity index (χ2n) is 7.01. The van der Waals surface area contributed by atoms with Crippen LogP contribution in [0.3, 0.4) is 0 Å². The maximum Gasteiger partial charge on any atom is 0.257 e. The molecule has 4 aromatic rings. The summed E-state index contributed by atoms with van der Waals surface area (Å²) in [6.45, 7) is 4.00. The van der Waals surface area contributed by atoms with Gasteiger partial charge in [-0.05, 0) is 49.7 Å². The van der Waals surface area contributed by atoms with Crippen LogP contribution >= 0.6 is 11.3 Å². The molecule has 4 rings (SSSR count). The third-order valence-electron chi connectivity index (χ3n) is 4.73. The van der Waals surface area contributed by atoms with Crippen molar-refractivity contribution in [3.63, 3.8) is 0 Å². The first-order valence-electron chi connectivity index (χ1n) is 9.63. The van der Waals surface area contributed by atoms with Crippen molar-refractivity contribution in [3.8, 4) is 5.75 Å². The Morgan fingerprint density at radius 1 is 1.19 bits per heavy atom. The molecule has 158 valence electrons. The fourth-order valence-corrected chi connectivity index (χ4v) is 3.85. The molecule has 31 heavy (non-hydrogen) atoms. The zero-order chi connectivity index (χ0) is 21.8. The minimum Gasteiger partial charge on any atom is -0.489 e. The molecule has 0 spiro atoms. The molecule has 0 radical (unpaired) electrons. The van der Waals surface area contributed by atoms with E-state index in [1.165, 1.54) is 23.5 Å². The molecule has 0 unspecified atom stereocenters. The molecule has 2 heterocycles. The quantitative estimate of drug-likeness (QED) is 0.424. The summed E-state index contributed by atoms with van der Waals surface area (Å²) in [5.41, 5.74) is 3.12. The van der Waals surface area contributed by atoms with Crippen molar-refractivity contribution in [1.29, 1.82) is 0 Å². The van der Waals surface area contributed by atoms with E-state index >= 15 is 0 Å². The Bertz CT molecular complexity index is 1180. The number of hydrogen-bond donors (Lipinski definition) is 1. The second kappa shape index (κ2) is 9.09. The normalized spacial score (nSPS) is 10.8. The number of aromatic nitrogens is 2. The molecule has 2 aromatic carbocycles. The fraction of sp³-hybridized carbons (Fsp3) is 0.174. The molecule has 2 aromatic heterocycles. The predicted octanol–water partition coefficient (Wildman–Crippen LogP) is 5.31. The summed E-state index contributed by atoms with van der Waals surface area (Å²) >= 11 is 1.39. The van der Waals surface area contributed by atoms with E-state index < -0.39 is 0 Å². The summed E-state index contributed by atoms with van der Waals surface area (Å²) in [5, 5.41) is 7.23. The minimum atomic E-state index is -0.273. The van der Waals surface area contributed by atoms with Crippen molar-refractivity contribution >= 4 is 22.4 Å². The maximum absolute atomic E-state index is 13.0. The van der Waals surface area contributed by atoms with Crippen LogP contribution in [0.5, 0.6) is 5.75 Å². The molecule has 0 saturated heterocycles. The summed E-state index contributed by atoms with van der Waals surface area (Å²) < 4.78 is 24.0. The van der Waals surface area contributed by atoms with Gasteiger partial charge in [-0.15, -0.1) is 11.3 Å².